The quantitative estimate of drug-likeness (QED) is 0.659. The van der Waals surface area contributed by atoms with Crippen LogP contribution in [-0.2, 0) is 17.4 Å². The van der Waals surface area contributed by atoms with E-state index >= 15 is 0 Å². The SMILES string of the molecule is COc1ccccc1CC(=O)NN=C(C)c1ccccc1C(F)(F)F. The molecule has 0 aliphatic carbocycles. The predicted octanol–water partition coefficient (Wildman–Crippen LogP) is 3.80. The number of hydrogen-bond acceptors (Lipinski definition) is 3. The first-order valence-corrected chi connectivity index (χ1v) is 7.44. The maximum Gasteiger partial charge on any atom is 0.417 e. The number of nitrogens with one attached hydrogen (secondary N) is 1. The van der Waals surface area contributed by atoms with Gasteiger partial charge in [0.15, 0.2) is 0 Å². The lowest BCUT2D eigenvalue weighted by atomic mass is 10.0. The number of nitrogens with zero attached hydrogens (tertiary/aromatic N) is 1. The van der Waals surface area contributed by atoms with Crippen molar-refractivity contribution in [3.8, 4) is 5.75 Å². The van der Waals surface area contributed by atoms with Crippen LogP contribution in [0.4, 0.5) is 13.2 Å². The summed E-state index contributed by atoms with van der Waals surface area (Å²) in [7, 11) is 1.49. The van der Waals surface area contributed by atoms with Gasteiger partial charge < -0.3 is 4.74 Å². The molecule has 0 unspecified atom stereocenters. The Balaban J connectivity index is 2.13. The van der Waals surface area contributed by atoms with Gasteiger partial charge in [-0.15, -0.1) is 0 Å². The highest BCUT2D eigenvalue weighted by Gasteiger charge is 2.33. The van der Waals surface area contributed by atoms with E-state index in [0.29, 0.717) is 11.3 Å². The van der Waals surface area contributed by atoms with Crippen LogP contribution in [-0.4, -0.2) is 18.7 Å². The van der Waals surface area contributed by atoms with Crippen LogP contribution >= 0.6 is 0 Å². The Kier molecular flexibility index (Phi) is 5.80. The average Bonchev–Trinajstić information content (AvgIpc) is 2.59. The Morgan fingerprint density at radius 3 is 2.44 bits per heavy atom. The molecule has 0 aliphatic rings. The lowest BCUT2D eigenvalue weighted by molar-refractivity contribution is -0.137. The van der Waals surface area contributed by atoms with Gasteiger partial charge in [0, 0.05) is 11.1 Å². The maximum absolute atomic E-state index is 13.0. The van der Waals surface area contributed by atoms with Crippen LogP contribution in [0.3, 0.4) is 0 Å². The number of amides is 1. The Morgan fingerprint density at radius 2 is 1.76 bits per heavy atom. The summed E-state index contributed by atoms with van der Waals surface area (Å²) in [6.45, 7) is 1.41. The van der Waals surface area contributed by atoms with E-state index in [2.05, 4.69) is 10.5 Å². The van der Waals surface area contributed by atoms with Gasteiger partial charge in [-0.1, -0.05) is 36.4 Å². The number of alkyl halides is 3. The van der Waals surface area contributed by atoms with E-state index < -0.39 is 17.6 Å². The van der Waals surface area contributed by atoms with Gasteiger partial charge in [0.05, 0.1) is 24.8 Å². The zero-order valence-corrected chi connectivity index (χ0v) is 13.7. The molecule has 1 N–H and O–H groups in total. The Morgan fingerprint density at radius 1 is 1.12 bits per heavy atom. The molecule has 1 amide bonds. The zero-order chi connectivity index (χ0) is 18.4. The number of benzene rings is 2. The number of rotatable bonds is 5. The van der Waals surface area contributed by atoms with Crippen molar-refractivity contribution in [3.63, 3.8) is 0 Å². The molecular weight excluding hydrogens is 333 g/mol. The summed E-state index contributed by atoms with van der Waals surface area (Å²) >= 11 is 0. The second kappa shape index (κ2) is 7.83. The summed E-state index contributed by atoms with van der Waals surface area (Å²) < 4.78 is 44.2. The molecule has 2 aromatic carbocycles. The highest BCUT2D eigenvalue weighted by atomic mass is 19.4. The summed E-state index contributed by atoms with van der Waals surface area (Å²) in [5.41, 5.74) is 2.14. The molecule has 2 rings (SSSR count). The van der Waals surface area contributed by atoms with Crippen LogP contribution in [0.25, 0.3) is 0 Å². The summed E-state index contributed by atoms with van der Waals surface area (Å²) in [5.74, 6) is 0.106. The Bertz CT molecular complexity index is 786. The number of ether oxygens (including phenoxy) is 1. The normalized spacial score (nSPS) is 12.0. The molecule has 0 aliphatic heterocycles. The number of para-hydroxylation sites is 1. The van der Waals surface area contributed by atoms with Crippen LogP contribution in [0, 0.1) is 0 Å². The summed E-state index contributed by atoms with van der Waals surface area (Å²) in [5, 5.41) is 3.80. The molecule has 0 spiro atoms. The van der Waals surface area contributed by atoms with Gasteiger partial charge in [-0.25, -0.2) is 5.43 Å². The molecule has 0 radical (unpaired) electrons. The fourth-order valence-electron chi connectivity index (χ4n) is 2.31. The molecule has 0 saturated heterocycles. The van der Waals surface area contributed by atoms with Crippen LogP contribution in [0.2, 0.25) is 0 Å². The molecule has 0 fully saturated rings. The molecule has 0 atom stereocenters. The van der Waals surface area contributed by atoms with E-state index in [4.69, 9.17) is 4.74 Å². The van der Waals surface area contributed by atoms with E-state index in [9.17, 15) is 18.0 Å². The first-order valence-electron chi connectivity index (χ1n) is 7.44. The van der Waals surface area contributed by atoms with Gasteiger partial charge in [0.1, 0.15) is 5.75 Å². The largest absolute Gasteiger partial charge is 0.496 e. The van der Waals surface area contributed by atoms with Crippen molar-refractivity contribution in [2.45, 2.75) is 19.5 Å². The minimum absolute atomic E-state index is 0.00170. The molecule has 2 aromatic rings. The minimum Gasteiger partial charge on any atom is -0.496 e. The third kappa shape index (κ3) is 4.82. The number of carbonyl (C=O) groups is 1. The number of hydrogen-bond donors (Lipinski definition) is 1. The molecule has 0 saturated carbocycles. The Labute approximate surface area is 143 Å². The standard InChI is InChI=1S/C18H17F3N2O2/c1-12(14-8-4-5-9-15(14)18(19,20)21)22-23-17(24)11-13-7-3-6-10-16(13)25-2/h3-10H,11H2,1-2H3,(H,23,24). The van der Waals surface area contributed by atoms with E-state index in [1.54, 1.807) is 24.3 Å². The van der Waals surface area contributed by atoms with Crippen molar-refractivity contribution < 1.29 is 22.7 Å². The van der Waals surface area contributed by atoms with Crippen LogP contribution in [0.1, 0.15) is 23.6 Å². The number of halogens is 3. The van der Waals surface area contributed by atoms with Gasteiger partial charge in [0.2, 0.25) is 5.91 Å². The van der Waals surface area contributed by atoms with E-state index in [-0.39, 0.29) is 17.7 Å². The van der Waals surface area contributed by atoms with Crippen molar-refractivity contribution >= 4 is 11.6 Å². The van der Waals surface area contributed by atoms with Crippen molar-refractivity contribution in [2.24, 2.45) is 5.10 Å². The number of carbonyl (C=O) groups excluding carboxylic acids is 1. The fourth-order valence-corrected chi connectivity index (χ4v) is 2.31. The van der Waals surface area contributed by atoms with E-state index in [1.807, 2.05) is 0 Å². The topological polar surface area (TPSA) is 50.7 Å². The molecule has 25 heavy (non-hydrogen) atoms. The highest BCUT2D eigenvalue weighted by molar-refractivity contribution is 6.00. The van der Waals surface area contributed by atoms with Crippen LogP contribution in [0.15, 0.2) is 53.6 Å². The first kappa shape index (κ1) is 18.5. The molecule has 4 nitrogen and oxygen atoms in total. The second-order valence-electron chi connectivity index (χ2n) is 5.26. The monoisotopic (exact) mass is 350 g/mol. The second-order valence-corrected chi connectivity index (χ2v) is 5.26. The van der Waals surface area contributed by atoms with Crippen LogP contribution in [0.5, 0.6) is 5.75 Å². The molecule has 0 heterocycles. The van der Waals surface area contributed by atoms with Gasteiger partial charge in [0.25, 0.3) is 0 Å². The highest BCUT2D eigenvalue weighted by Crippen LogP contribution is 2.32. The van der Waals surface area contributed by atoms with Crippen LogP contribution < -0.4 is 10.2 Å². The smallest absolute Gasteiger partial charge is 0.417 e. The number of hydrazone groups is 1. The minimum atomic E-state index is -4.49. The molecule has 0 bridgehead atoms. The van der Waals surface area contributed by atoms with E-state index in [1.165, 1.54) is 32.2 Å². The van der Waals surface area contributed by atoms with Gasteiger partial charge in [-0.3, -0.25) is 4.79 Å². The average molecular weight is 350 g/mol. The lowest BCUT2D eigenvalue weighted by Gasteiger charge is -2.12. The van der Waals surface area contributed by atoms with E-state index in [0.717, 1.165) is 6.07 Å². The summed E-state index contributed by atoms with van der Waals surface area (Å²) in [4.78, 5) is 12.0. The van der Waals surface area contributed by atoms with Crippen molar-refractivity contribution in [1.82, 2.24) is 5.43 Å². The summed E-state index contributed by atoms with van der Waals surface area (Å²) in [6, 6.07) is 12.1. The molecule has 7 heteroatoms. The molecule has 132 valence electrons. The molecular formula is C18H17F3N2O2. The maximum atomic E-state index is 13.0. The fraction of sp³-hybridized carbons (Fsp3) is 0.222. The zero-order valence-electron chi connectivity index (χ0n) is 13.7. The molecule has 0 aromatic heterocycles. The van der Waals surface area contributed by atoms with Gasteiger partial charge >= 0.3 is 6.18 Å². The first-order chi connectivity index (χ1) is 11.8. The van der Waals surface area contributed by atoms with Crippen molar-refractivity contribution in [2.75, 3.05) is 7.11 Å². The van der Waals surface area contributed by atoms with Crippen molar-refractivity contribution in [3.05, 3.63) is 65.2 Å². The van der Waals surface area contributed by atoms with Gasteiger partial charge in [-0.2, -0.15) is 18.3 Å². The van der Waals surface area contributed by atoms with Crippen molar-refractivity contribution in [1.29, 1.82) is 0 Å². The number of methoxy groups -OCH3 is 1. The predicted molar refractivity (Wildman–Crippen MR) is 88.5 cm³/mol. The lowest BCUT2D eigenvalue weighted by Crippen LogP contribution is -2.22. The van der Waals surface area contributed by atoms with Gasteiger partial charge in [-0.05, 0) is 19.1 Å². The third-order valence-electron chi connectivity index (χ3n) is 3.51. The Hall–Kier alpha value is -2.83. The third-order valence-corrected chi connectivity index (χ3v) is 3.51. The summed E-state index contributed by atoms with van der Waals surface area (Å²) in [6.07, 6.45) is -4.49.